The molecule has 0 aromatic heterocycles. The molecule has 0 aliphatic carbocycles. The Labute approximate surface area is 102 Å². The van der Waals surface area contributed by atoms with Gasteiger partial charge in [0.1, 0.15) is 0 Å². The Morgan fingerprint density at radius 1 is 1.31 bits per heavy atom. The van der Waals surface area contributed by atoms with Crippen LogP contribution in [-0.2, 0) is 4.74 Å². The van der Waals surface area contributed by atoms with Crippen molar-refractivity contribution < 1.29 is 4.74 Å². The zero-order chi connectivity index (χ0) is 12.1. The van der Waals surface area contributed by atoms with Crippen LogP contribution in [0.4, 0.5) is 0 Å². The van der Waals surface area contributed by atoms with Gasteiger partial charge in [0.15, 0.2) is 0 Å². The van der Waals surface area contributed by atoms with Crippen LogP contribution in [0.3, 0.4) is 0 Å². The lowest BCUT2D eigenvalue weighted by Gasteiger charge is -2.41. The van der Waals surface area contributed by atoms with Gasteiger partial charge in [-0.2, -0.15) is 0 Å². The molecule has 1 aliphatic rings. The molecule has 0 aromatic carbocycles. The van der Waals surface area contributed by atoms with Crippen molar-refractivity contribution in [2.45, 2.75) is 51.9 Å². The SMILES string of the molecule is CCCNCC1(C[Si](C)(C)C)CCCOC1. The Bertz CT molecular complexity index is 195. The topological polar surface area (TPSA) is 21.3 Å². The van der Waals surface area contributed by atoms with Crippen LogP contribution < -0.4 is 5.32 Å². The van der Waals surface area contributed by atoms with E-state index < -0.39 is 8.07 Å². The minimum Gasteiger partial charge on any atom is -0.381 e. The fourth-order valence-corrected chi connectivity index (χ4v) is 5.56. The van der Waals surface area contributed by atoms with Gasteiger partial charge in [-0.1, -0.05) is 26.6 Å². The van der Waals surface area contributed by atoms with Crippen molar-refractivity contribution in [1.29, 1.82) is 0 Å². The van der Waals surface area contributed by atoms with E-state index in [0.717, 1.165) is 26.3 Å². The first-order valence-electron chi connectivity index (χ1n) is 6.76. The summed E-state index contributed by atoms with van der Waals surface area (Å²) in [6, 6.07) is 1.40. The van der Waals surface area contributed by atoms with E-state index in [9.17, 15) is 0 Å². The largest absolute Gasteiger partial charge is 0.381 e. The minimum absolute atomic E-state index is 0.442. The lowest BCUT2D eigenvalue weighted by atomic mass is 9.84. The van der Waals surface area contributed by atoms with Crippen molar-refractivity contribution in [2.75, 3.05) is 26.3 Å². The van der Waals surface area contributed by atoms with E-state index in [1.807, 2.05) is 0 Å². The summed E-state index contributed by atoms with van der Waals surface area (Å²) in [6.07, 6.45) is 3.83. The Kier molecular flexibility index (Phi) is 5.48. The summed E-state index contributed by atoms with van der Waals surface area (Å²) < 4.78 is 5.74. The second kappa shape index (κ2) is 6.17. The van der Waals surface area contributed by atoms with E-state index in [2.05, 4.69) is 31.9 Å². The van der Waals surface area contributed by atoms with Gasteiger partial charge in [-0.15, -0.1) is 0 Å². The normalized spacial score (nSPS) is 27.0. The van der Waals surface area contributed by atoms with Crippen LogP contribution in [0, 0.1) is 5.41 Å². The van der Waals surface area contributed by atoms with Gasteiger partial charge in [0.25, 0.3) is 0 Å². The van der Waals surface area contributed by atoms with Crippen LogP contribution >= 0.6 is 0 Å². The molecule has 1 heterocycles. The number of rotatable bonds is 6. The van der Waals surface area contributed by atoms with Crippen LogP contribution in [0.1, 0.15) is 26.2 Å². The summed E-state index contributed by atoms with van der Waals surface area (Å²) in [5, 5.41) is 3.61. The van der Waals surface area contributed by atoms with Gasteiger partial charge in [-0.05, 0) is 31.9 Å². The third-order valence-electron chi connectivity index (χ3n) is 3.24. The van der Waals surface area contributed by atoms with Crippen LogP contribution in [0.5, 0.6) is 0 Å². The third-order valence-corrected chi connectivity index (χ3v) is 5.05. The van der Waals surface area contributed by atoms with Crippen LogP contribution in [0.25, 0.3) is 0 Å². The number of nitrogens with one attached hydrogen (secondary N) is 1. The molecule has 16 heavy (non-hydrogen) atoms. The fourth-order valence-electron chi connectivity index (χ4n) is 2.91. The molecule has 0 radical (unpaired) electrons. The molecule has 1 N–H and O–H groups in total. The van der Waals surface area contributed by atoms with E-state index in [0.29, 0.717) is 5.41 Å². The molecule has 0 saturated carbocycles. The van der Waals surface area contributed by atoms with E-state index in [4.69, 9.17) is 4.74 Å². The predicted molar refractivity (Wildman–Crippen MR) is 73.8 cm³/mol. The van der Waals surface area contributed by atoms with Crippen molar-refractivity contribution in [3.63, 3.8) is 0 Å². The average molecular weight is 243 g/mol. The van der Waals surface area contributed by atoms with Gasteiger partial charge < -0.3 is 10.1 Å². The standard InChI is InChI=1S/C13H29NOSi/c1-5-8-14-10-13(12-16(2,3)4)7-6-9-15-11-13/h14H,5-12H2,1-4H3. The van der Waals surface area contributed by atoms with E-state index >= 15 is 0 Å². The van der Waals surface area contributed by atoms with Gasteiger partial charge in [0.2, 0.25) is 0 Å². The summed E-state index contributed by atoms with van der Waals surface area (Å²) >= 11 is 0. The maximum Gasteiger partial charge on any atom is 0.0531 e. The van der Waals surface area contributed by atoms with Crippen molar-refractivity contribution in [3.05, 3.63) is 0 Å². The Morgan fingerprint density at radius 3 is 2.56 bits per heavy atom. The average Bonchev–Trinajstić information content (AvgIpc) is 2.16. The Hall–Kier alpha value is 0.137. The molecule has 1 unspecified atom stereocenters. The smallest absolute Gasteiger partial charge is 0.0531 e. The van der Waals surface area contributed by atoms with Crippen molar-refractivity contribution in [3.8, 4) is 0 Å². The van der Waals surface area contributed by atoms with Crippen molar-refractivity contribution in [1.82, 2.24) is 5.32 Å². The number of ether oxygens (including phenoxy) is 1. The first kappa shape index (κ1) is 14.2. The molecule has 3 heteroatoms. The van der Waals surface area contributed by atoms with Gasteiger partial charge >= 0.3 is 0 Å². The molecular formula is C13H29NOSi. The lowest BCUT2D eigenvalue weighted by molar-refractivity contribution is 0.00257. The highest BCUT2D eigenvalue weighted by Crippen LogP contribution is 2.36. The van der Waals surface area contributed by atoms with Crippen molar-refractivity contribution >= 4 is 8.07 Å². The minimum atomic E-state index is -0.997. The molecule has 1 saturated heterocycles. The molecule has 1 rings (SSSR count). The summed E-state index contributed by atoms with van der Waals surface area (Å²) in [6.45, 7) is 13.9. The van der Waals surface area contributed by atoms with Crippen molar-refractivity contribution in [2.24, 2.45) is 5.41 Å². The first-order valence-corrected chi connectivity index (χ1v) is 10.5. The number of hydrogen-bond acceptors (Lipinski definition) is 2. The van der Waals surface area contributed by atoms with Gasteiger partial charge in [0.05, 0.1) is 6.61 Å². The summed E-state index contributed by atoms with van der Waals surface area (Å²) in [4.78, 5) is 0. The predicted octanol–water partition coefficient (Wildman–Crippen LogP) is 3.12. The fraction of sp³-hybridized carbons (Fsp3) is 1.00. The van der Waals surface area contributed by atoms with E-state index in [1.54, 1.807) is 0 Å². The highest BCUT2D eigenvalue weighted by Gasteiger charge is 2.36. The molecular weight excluding hydrogens is 214 g/mol. The molecule has 1 aliphatic heterocycles. The maximum atomic E-state index is 5.74. The lowest BCUT2D eigenvalue weighted by Crippen LogP contribution is -2.45. The molecule has 2 nitrogen and oxygen atoms in total. The molecule has 0 amide bonds. The summed E-state index contributed by atoms with van der Waals surface area (Å²) in [5.74, 6) is 0. The Morgan fingerprint density at radius 2 is 2.06 bits per heavy atom. The van der Waals surface area contributed by atoms with Gasteiger partial charge in [0, 0.05) is 26.6 Å². The van der Waals surface area contributed by atoms with E-state index in [-0.39, 0.29) is 0 Å². The summed E-state index contributed by atoms with van der Waals surface area (Å²) in [7, 11) is -0.997. The van der Waals surface area contributed by atoms with Crippen LogP contribution in [-0.4, -0.2) is 34.4 Å². The van der Waals surface area contributed by atoms with Crippen LogP contribution in [0.2, 0.25) is 25.7 Å². The molecule has 0 aromatic rings. The molecule has 1 fully saturated rings. The molecule has 0 bridgehead atoms. The zero-order valence-electron chi connectivity index (χ0n) is 11.6. The maximum absolute atomic E-state index is 5.74. The monoisotopic (exact) mass is 243 g/mol. The third kappa shape index (κ3) is 4.98. The van der Waals surface area contributed by atoms with E-state index in [1.165, 1.54) is 25.3 Å². The zero-order valence-corrected chi connectivity index (χ0v) is 12.6. The van der Waals surface area contributed by atoms with Crippen LogP contribution in [0.15, 0.2) is 0 Å². The second-order valence-corrected chi connectivity index (χ2v) is 12.0. The first-order chi connectivity index (χ1) is 7.47. The summed E-state index contributed by atoms with van der Waals surface area (Å²) in [5.41, 5.74) is 0.442. The highest BCUT2D eigenvalue weighted by atomic mass is 28.3. The Balaban J connectivity index is 2.53. The second-order valence-electron chi connectivity index (χ2n) is 6.57. The molecule has 1 atom stereocenters. The van der Waals surface area contributed by atoms with Gasteiger partial charge in [-0.3, -0.25) is 0 Å². The van der Waals surface area contributed by atoms with Gasteiger partial charge in [-0.25, -0.2) is 0 Å². The quantitative estimate of drug-likeness (QED) is 0.572. The number of hydrogen-bond donors (Lipinski definition) is 1. The molecule has 96 valence electrons. The highest BCUT2D eigenvalue weighted by molar-refractivity contribution is 6.76. The molecule has 0 spiro atoms.